The van der Waals surface area contributed by atoms with Crippen molar-refractivity contribution >= 4 is 0 Å². The Bertz CT molecular complexity index is 216. The summed E-state index contributed by atoms with van der Waals surface area (Å²) < 4.78 is 10.4. The quantitative estimate of drug-likeness (QED) is 0.630. The molecule has 0 N–H and O–H groups in total. The summed E-state index contributed by atoms with van der Waals surface area (Å²) in [6.07, 6.45) is 4.07. The third kappa shape index (κ3) is 1.63. The van der Waals surface area contributed by atoms with E-state index in [0.29, 0.717) is 11.8 Å². The monoisotopic (exact) mass is 168 g/mol. The van der Waals surface area contributed by atoms with Crippen LogP contribution in [-0.4, -0.2) is 14.2 Å². The average molecular weight is 168 g/mol. The van der Waals surface area contributed by atoms with Crippen molar-refractivity contribution in [2.24, 2.45) is 11.8 Å². The Balaban J connectivity index is 2.84. The molecule has 0 saturated heterocycles. The smallest absolute Gasteiger partial charge is 0.118 e. The lowest BCUT2D eigenvalue weighted by atomic mass is 9.89. The molecule has 0 aliphatic heterocycles. The largest absolute Gasteiger partial charge is 0.501 e. The molecule has 2 unspecified atom stereocenters. The Morgan fingerprint density at radius 1 is 1.17 bits per heavy atom. The van der Waals surface area contributed by atoms with Crippen LogP contribution in [0.2, 0.25) is 0 Å². The van der Waals surface area contributed by atoms with Gasteiger partial charge in [0.15, 0.2) is 0 Å². The third-order valence-electron chi connectivity index (χ3n) is 2.42. The minimum atomic E-state index is 0.453. The predicted octanol–water partition coefficient (Wildman–Crippen LogP) is 2.33. The zero-order valence-corrected chi connectivity index (χ0v) is 8.13. The van der Waals surface area contributed by atoms with Crippen molar-refractivity contribution in [1.29, 1.82) is 0 Å². The van der Waals surface area contributed by atoms with Gasteiger partial charge in [-0.05, 0) is 12.0 Å². The van der Waals surface area contributed by atoms with Gasteiger partial charge in [-0.3, -0.25) is 0 Å². The van der Waals surface area contributed by atoms with Crippen LogP contribution in [0.4, 0.5) is 0 Å². The fourth-order valence-corrected chi connectivity index (χ4v) is 1.35. The molecule has 0 aromatic heterocycles. The number of allylic oxidation sites excluding steroid dienone is 3. The van der Waals surface area contributed by atoms with E-state index in [0.717, 1.165) is 11.5 Å². The molecule has 12 heavy (non-hydrogen) atoms. The lowest BCUT2D eigenvalue weighted by Gasteiger charge is -2.24. The van der Waals surface area contributed by atoms with Crippen molar-refractivity contribution in [3.63, 3.8) is 0 Å². The number of ether oxygens (including phenoxy) is 2. The van der Waals surface area contributed by atoms with Gasteiger partial charge < -0.3 is 9.47 Å². The normalized spacial score (nSPS) is 29.0. The third-order valence-corrected chi connectivity index (χ3v) is 2.42. The topological polar surface area (TPSA) is 18.5 Å². The second kappa shape index (κ2) is 3.65. The molecule has 2 atom stereocenters. The van der Waals surface area contributed by atoms with Gasteiger partial charge >= 0.3 is 0 Å². The number of rotatable bonds is 2. The van der Waals surface area contributed by atoms with Gasteiger partial charge in [0.25, 0.3) is 0 Å². The van der Waals surface area contributed by atoms with E-state index in [-0.39, 0.29) is 0 Å². The first-order valence-corrected chi connectivity index (χ1v) is 4.20. The van der Waals surface area contributed by atoms with Gasteiger partial charge in [0.05, 0.1) is 14.2 Å². The van der Waals surface area contributed by atoms with Crippen LogP contribution in [0, 0.1) is 11.8 Å². The predicted molar refractivity (Wildman–Crippen MR) is 48.5 cm³/mol. The molecule has 0 heterocycles. The van der Waals surface area contributed by atoms with Crippen LogP contribution in [0.1, 0.15) is 13.8 Å². The molecule has 0 bridgehead atoms. The molecular formula is C10H16O2. The molecule has 2 heteroatoms. The number of hydrogen-bond donors (Lipinski definition) is 0. The first-order valence-electron chi connectivity index (χ1n) is 4.20. The first kappa shape index (κ1) is 9.17. The van der Waals surface area contributed by atoms with Gasteiger partial charge in [0.2, 0.25) is 0 Å². The Kier molecular flexibility index (Phi) is 2.79. The maximum atomic E-state index is 5.25. The maximum absolute atomic E-state index is 5.25. The zero-order chi connectivity index (χ0) is 9.14. The minimum Gasteiger partial charge on any atom is -0.501 e. The molecule has 0 aromatic rings. The van der Waals surface area contributed by atoms with E-state index in [4.69, 9.17) is 9.47 Å². The SMILES string of the molecule is COC1=CC(C)C(C)C(OC)=C1. The molecule has 0 saturated carbocycles. The Morgan fingerprint density at radius 2 is 1.83 bits per heavy atom. The van der Waals surface area contributed by atoms with E-state index in [2.05, 4.69) is 19.9 Å². The highest BCUT2D eigenvalue weighted by molar-refractivity contribution is 5.23. The molecular weight excluding hydrogens is 152 g/mol. The van der Waals surface area contributed by atoms with Crippen LogP contribution in [0.3, 0.4) is 0 Å². The highest BCUT2D eigenvalue weighted by Gasteiger charge is 2.21. The van der Waals surface area contributed by atoms with E-state index in [1.807, 2.05) is 6.08 Å². The van der Waals surface area contributed by atoms with Crippen molar-refractivity contribution in [2.75, 3.05) is 14.2 Å². The Hall–Kier alpha value is -0.920. The molecule has 1 aliphatic carbocycles. The van der Waals surface area contributed by atoms with E-state index >= 15 is 0 Å². The number of hydrogen-bond acceptors (Lipinski definition) is 2. The Labute approximate surface area is 73.9 Å². The van der Waals surface area contributed by atoms with E-state index in [1.165, 1.54) is 0 Å². The second-order valence-corrected chi connectivity index (χ2v) is 3.17. The van der Waals surface area contributed by atoms with Crippen molar-refractivity contribution in [2.45, 2.75) is 13.8 Å². The lowest BCUT2D eigenvalue weighted by molar-refractivity contribution is 0.212. The summed E-state index contributed by atoms with van der Waals surface area (Å²) in [6, 6.07) is 0. The molecule has 68 valence electrons. The lowest BCUT2D eigenvalue weighted by Crippen LogP contribution is -2.15. The van der Waals surface area contributed by atoms with E-state index in [1.54, 1.807) is 14.2 Å². The van der Waals surface area contributed by atoms with Gasteiger partial charge in [-0.2, -0.15) is 0 Å². The second-order valence-electron chi connectivity index (χ2n) is 3.17. The van der Waals surface area contributed by atoms with Gasteiger partial charge in [-0.1, -0.05) is 13.8 Å². The zero-order valence-electron chi connectivity index (χ0n) is 8.13. The standard InChI is InChI=1S/C10H16O2/c1-7-5-9(11-3)6-10(12-4)8(7)2/h5-8H,1-4H3. The summed E-state index contributed by atoms with van der Waals surface area (Å²) in [5.74, 6) is 2.84. The summed E-state index contributed by atoms with van der Waals surface area (Å²) >= 11 is 0. The summed E-state index contributed by atoms with van der Waals surface area (Å²) in [5, 5.41) is 0. The van der Waals surface area contributed by atoms with Crippen molar-refractivity contribution < 1.29 is 9.47 Å². The van der Waals surface area contributed by atoms with Crippen molar-refractivity contribution in [1.82, 2.24) is 0 Å². The van der Waals surface area contributed by atoms with Crippen molar-refractivity contribution in [3.8, 4) is 0 Å². The summed E-state index contributed by atoms with van der Waals surface area (Å²) in [4.78, 5) is 0. The highest BCUT2D eigenvalue weighted by Crippen LogP contribution is 2.28. The molecule has 0 aromatic carbocycles. The number of methoxy groups -OCH3 is 2. The van der Waals surface area contributed by atoms with Crippen LogP contribution in [-0.2, 0) is 9.47 Å². The van der Waals surface area contributed by atoms with Crippen LogP contribution >= 0.6 is 0 Å². The molecule has 0 fully saturated rings. The van der Waals surface area contributed by atoms with Crippen molar-refractivity contribution in [3.05, 3.63) is 23.7 Å². The minimum absolute atomic E-state index is 0.453. The fourth-order valence-electron chi connectivity index (χ4n) is 1.35. The molecule has 0 amide bonds. The maximum Gasteiger partial charge on any atom is 0.118 e. The van der Waals surface area contributed by atoms with E-state index in [9.17, 15) is 0 Å². The summed E-state index contributed by atoms with van der Waals surface area (Å²) in [7, 11) is 3.38. The van der Waals surface area contributed by atoms with Gasteiger partial charge in [0.1, 0.15) is 11.5 Å². The molecule has 1 aliphatic rings. The molecule has 0 spiro atoms. The fraction of sp³-hybridized carbons (Fsp3) is 0.600. The molecule has 2 nitrogen and oxygen atoms in total. The van der Waals surface area contributed by atoms with Crippen LogP contribution < -0.4 is 0 Å². The van der Waals surface area contributed by atoms with Gasteiger partial charge in [-0.15, -0.1) is 0 Å². The average Bonchev–Trinajstić information content (AvgIpc) is 2.09. The van der Waals surface area contributed by atoms with E-state index < -0.39 is 0 Å². The molecule has 0 radical (unpaired) electrons. The molecule has 1 rings (SSSR count). The van der Waals surface area contributed by atoms with Crippen LogP contribution in [0.25, 0.3) is 0 Å². The van der Waals surface area contributed by atoms with Gasteiger partial charge in [0, 0.05) is 12.0 Å². The van der Waals surface area contributed by atoms with Gasteiger partial charge in [-0.25, -0.2) is 0 Å². The highest BCUT2D eigenvalue weighted by atomic mass is 16.5. The van der Waals surface area contributed by atoms with Crippen LogP contribution in [0.15, 0.2) is 23.7 Å². The Morgan fingerprint density at radius 3 is 2.33 bits per heavy atom. The van der Waals surface area contributed by atoms with Crippen LogP contribution in [0.5, 0.6) is 0 Å². The summed E-state index contributed by atoms with van der Waals surface area (Å²) in [5.41, 5.74) is 0. The first-order chi connectivity index (χ1) is 5.69. The summed E-state index contributed by atoms with van der Waals surface area (Å²) in [6.45, 7) is 4.32.